The van der Waals surface area contributed by atoms with Crippen molar-refractivity contribution in [3.8, 4) is 0 Å². The number of halogens is 1. The highest BCUT2D eigenvalue weighted by molar-refractivity contribution is 6.30. The summed E-state index contributed by atoms with van der Waals surface area (Å²) < 4.78 is 0. The number of carbonyl (C=O) groups is 2. The van der Waals surface area contributed by atoms with Gasteiger partial charge in [0.1, 0.15) is 0 Å². The van der Waals surface area contributed by atoms with Crippen LogP contribution in [-0.4, -0.2) is 35.0 Å². The van der Waals surface area contributed by atoms with Crippen LogP contribution in [0.25, 0.3) is 0 Å². The van der Waals surface area contributed by atoms with E-state index in [4.69, 9.17) is 11.6 Å². The first-order valence-corrected chi connectivity index (χ1v) is 7.27. The van der Waals surface area contributed by atoms with E-state index in [0.29, 0.717) is 24.4 Å². The second-order valence-corrected chi connectivity index (χ2v) is 5.67. The minimum Gasteiger partial charge on any atom is -0.481 e. The number of nitrogens with zero attached hydrogens (tertiary/aromatic N) is 1. The van der Waals surface area contributed by atoms with E-state index < -0.39 is 11.9 Å². The first-order chi connectivity index (χ1) is 10.0. The van der Waals surface area contributed by atoms with E-state index >= 15 is 0 Å². The number of allylic oxidation sites excluding steroid dienone is 1. The first-order valence-electron chi connectivity index (χ1n) is 6.90. The number of carboxylic acid groups (broad SMARTS) is 1. The Kier molecular flexibility index (Phi) is 5.02. The molecule has 0 saturated carbocycles. The zero-order valence-electron chi connectivity index (χ0n) is 11.7. The summed E-state index contributed by atoms with van der Waals surface area (Å²) in [6.45, 7) is 4.30. The molecule has 0 aliphatic carbocycles. The normalized spacial score (nSPS) is 21.3. The molecule has 4 nitrogen and oxygen atoms in total. The van der Waals surface area contributed by atoms with Gasteiger partial charge in [-0.1, -0.05) is 29.8 Å². The fourth-order valence-electron chi connectivity index (χ4n) is 2.69. The average Bonchev–Trinajstić information content (AvgIpc) is 2.91. The molecular weight excluding hydrogens is 290 g/mol. The van der Waals surface area contributed by atoms with Crippen molar-refractivity contribution < 1.29 is 14.7 Å². The molecule has 112 valence electrons. The van der Waals surface area contributed by atoms with Crippen LogP contribution >= 0.6 is 11.6 Å². The van der Waals surface area contributed by atoms with Crippen molar-refractivity contribution in [2.75, 3.05) is 13.1 Å². The second-order valence-electron chi connectivity index (χ2n) is 5.23. The van der Waals surface area contributed by atoms with Crippen molar-refractivity contribution in [2.24, 2.45) is 5.92 Å². The summed E-state index contributed by atoms with van der Waals surface area (Å²) in [5.41, 5.74) is 0.908. The van der Waals surface area contributed by atoms with Gasteiger partial charge in [-0.15, -0.1) is 6.58 Å². The van der Waals surface area contributed by atoms with Gasteiger partial charge in [-0.25, -0.2) is 0 Å². The van der Waals surface area contributed by atoms with Crippen molar-refractivity contribution in [1.82, 2.24) is 4.90 Å². The molecule has 1 fully saturated rings. The van der Waals surface area contributed by atoms with E-state index in [0.717, 1.165) is 5.56 Å². The molecule has 5 heteroatoms. The lowest BCUT2D eigenvalue weighted by molar-refractivity contribution is -0.141. The van der Waals surface area contributed by atoms with Crippen molar-refractivity contribution in [1.29, 1.82) is 0 Å². The van der Waals surface area contributed by atoms with E-state index in [2.05, 4.69) is 6.58 Å². The van der Waals surface area contributed by atoms with Gasteiger partial charge >= 0.3 is 5.97 Å². The van der Waals surface area contributed by atoms with E-state index in [1.54, 1.807) is 23.1 Å². The molecule has 21 heavy (non-hydrogen) atoms. The molecule has 1 aromatic rings. The first kappa shape index (κ1) is 15.6. The van der Waals surface area contributed by atoms with Crippen molar-refractivity contribution >= 4 is 23.5 Å². The Morgan fingerprint density at radius 2 is 2.00 bits per heavy atom. The highest BCUT2D eigenvalue weighted by Crippen LogP contribution is 2.33. The van der Waals surface area contributed by atoms with Crippen LogP contribution in [0.4, 0.5) is 0 Å². The standard InChI is InChI=1S/C16H18ClNO3/c1-2-3-4-15(19)18-9-13(14(10-18)16(20)21)11-5-7-12(17)8-6-11/h2,5-8,13-14H,1,3-4,9-10H2,(H,20,21)/t13-,14+/m0/s1. The Labute approximate surface area is 129 Å². The number of carboxylic acids is 1. The number of amides is 1. The molecule has 2 atom stereocenters. The third kappa shape index (κ3) is 3.64. The maximum Gasteiger partial charge on any atom is 0.308 e. The summed E-state index contributed by atoms with van der Waals surface area (Å²) in [5, 5.41) is 10.0. The highest BCUT2D eigenvalue weighted by Gasteiger charge is 2.40. The molecular formula is C16H18ClNO3. The van der Waals surface area contributed by atoms with Gasteiger partial charge in [0.2, 0.25) is 5.91 Å². The average molecular weight is 308 g/mol. The Bertz CT molecular complexity index is 541. The molecule has 0 aromatic heterocycles. The quantitative estimate of drug-likeness (QED) is 0.851. The Morgan fingerprint density at radius 1 is 1.33 bits per heavy atom. The summed E-state index contributed by atoms with van der Waals surface area (Å²) in [6, 6.07) is 7.16. The lowest BCUT2D eigenvalue weighted by Gasteiger charge is -2.16. The topological polar surface area (TPSA) is 57.6 Å². The maximum atomic E-state index is 12.1. The van der Waals surface area contributed by atoms with Crippen molar-refractivity contribution in [3.63, 3.8) is 0 Å². The molecule has 0 spiro atoms. The number of carbonyl (C=O) groups excluding carboxylic acids is 1. The van der Waals surface area contributed by atoms with E-state index in [9.17, 15) is 14.7 Å². The minimum atomic E-state index is -0.867. The van der Waals surface area contributed by atoms with Gasteiger partial charge < -0.3 is 10.0 Å². The van der Waals surface area contributed by atoms with Gasteiger partial charge in [0.05, 0.1) is 5.92 Å². The molecule has 1 heterocycles. The Hall–Kier alpha value is -1.81. The van der Waals surface area contributed by atoms with Crippen LogP contribution in [0.3, 0.4) is 0 Å². The number of hydrogen-bond acceptors (Lipinski definition) is 2. The molecule has 1 aromatic carbocycles. The molecule has 1 aliphatic heterocycles. The predicted molar refractivity (Wildman–Crippen MR) is 81.3 cm³/mol. The van der Waals surface area contributed by atoms with Crippen LogP contribution in [0.2, 0.25) is 5.02 Å². The molecule has 0 bridgehead atoms. The molecule has 0 radical (unpaired) electrons. The fourth-order valence-corrected chi connectivity index (χ4v) is 2.82. The number of aliphatic carboxylic acids is 1. The van der Waals surface area contributed by atoms with Crippen LogP contribution in [0, 0.1) is 5.92 Å². The van der Waals surface area contributed by atoms with E-state index in [-0.39, 0.29) is 18.4 Å². The van der Waals surface area contributed by atoms with Crippen LogP contribution in [0.5, 0.6) is 0 Å². The van der Waals surface area contributed by atoms with Crippen LogP contribution < -0.4 is 0 Å². The van der Waals surface area contributed by atoms with Gasteiger partial charge in [0.25, 0.3) is 0 Å². The summed E-state index contributed by atoms with van der Waals surface area (Å²) >= 11 is 5.86. The zero-order chi connectivity index (χ0) is 15.4. The molecule has 1 saturated heterocycles. The zero-order valence-corrected chi connectivity index (χ0v) is 12.4. The van der Waals surface area contributed by atoms with Crippen molar-refractivity contribution in [3.05, 3.63) is 47.5 Å². The predicted octanol–water partition coefficient (Wildman–Crippen LogP) is 2.93. The summed E-state index contributed by atoms with van der Waals surface area (Å²) in [4.78, 5) is 25.2. The number of rotatable bonds is 5. The smallest absolute Gasteiger partial charge is 0.308 e. The van der Waals surface area contributed by atoms with Crippen LogP contribution in [0.15, 0.2) is 36.9 Å². The van der Waals surface area contributed by atoms with E-state index in [1.807, 2.05) is 12.1 Å². The third-order valence-corrected chi connectivity index (χ3v) is 4.10. The Morgan fingerprint density at radius 3 is 2.57 bits per heavy atom. The van der Waals surface area contributed by atoms with Gasteiger partial charge in [-0.05, 0) is 24.1 Å². The number of hydrogen-bond donors (Lipinski definition) is 1. The van der Waals surface area contributed by atoms with Crippen molar-refractivity contribution in [2.45, 2.75) is 18.8 Å². The largest absolute Gasteiger partial charge is 0.481 e. The van der Waals surface area contributed by atoms with Gasteiger partial charge in [-0.3, -0.25) is 9.59 Å². The summed E-state index contributed by atoms with van der Waals surface area (Å²) in [6.07, 6.45) is 2.68. The SMILES string of the molecule is C=CCCC(=O)N1C[C@@H](C(=O)O)[C@H](c2ccc(Cl)cc2)C1. The van der Waals surface area contributed by atoms with Crippen LogP contribution in [0.1, 0.15) is 24.3 Å². The lowest BCUT2D eigenvalue weighted by atomic mass is 9.89. The highest BCUT2D eigenvalue weighted by atomic mass is 35.5. The second kappa shape index (κ2) is 6.76. The molecule has 0 unspecified atom stereocenters. The third-order valence-electron chi connectivity index (χ3n) is 3.85. The number of likely N-dealkylation sites (tertiary alicyclic amines) is 1. The fraction of sp³-hybridized carbons (Fsp3) is 0.375. The monoisotopic (exact) mass is 307 g/mol. The summed E-state index contributed by atoms with van der Waals surface area (Å²) in [7, 11) is 0. The van der Waals surface area contributed by atoms with Crippen LogP contribution in [-0.2, 0) is 9.59 Å². The molecule has 2 rings (SSSR count). The minimum absolute atomic E-state index is 0.0161. The lowest BCUT2D eigenvalue weighted by Crippen LogP contribution is -2.29. The van der Waals surface area contributed by atoms with E-state index in [1.165, 1.54) is 0 Å². The molecule has 1 N–H and O–H groups in total. The Balaban J connectivity index is 2.15. The number of benzene rings is 1. The summed E-state index contributed by atoms with van der Waals surface area (Å²) in [5.74, 6) is -1.64. The maximum absolute atomic E-state index is 12.1. The van der Waals surface area contributed by atoms with Gasteiger partial charge in [-0.2, -0.15) is 0 Å². The molecule has 1 amide bonds. The van der Waals surface area contributed by atoms with Gasteiger partial charge in [0, 0.05) is 30.5 Å². The molecule has 1 aliphatic rings. The van der Waals surface area contributed by atoms with Gasteiger partial charge in [0.15, 0.2) is 0 Å².